The fourth-order valence-electron chi connectivity index (χ4n) is 2.51. The molecule has 0 fully saturated rings. The smallest absolute Gasteiger partial charge is 0.252 e. The molecule has 3 aromatic rings. The Morgan fingerprint density at radius 1 is 1.00 bits per heavy atom. The van der Waals surface area contributed by atoms with Crippen LogP contribution in [0.2, 0.25) is 0 Å². The molecule has 0 unspecified atom stereocenters. The van der Waals surface area contributed by atoms with Gasteiger partial charge >= 0.3 is 0 Å². The van der Waals surface area contributed by atoms with Crippen molar-refractivity contribution in [2.75, 3.05) is 6.61 Å². The Morgan fingerprint density at radius 2 is 1.69 bits per heavy atom. The average molecular weight is 350 g/mol. The lowest BCUT2D eigenvalue weighted by Gasteiger charge is -2.12. The van der Waals surface area contributed by atoms with Gasteiger partial charge in [-0.25, -0.2) is 0 Å². The van der Waals surface area contributed by atoms with Gasteiger partial charge in [0.15, 0.2) is 0 Å². The quantitative estimate of drug-likeness (QED) is 0.713. The second-order valence-electron chi connectivity index (χ2n) is 5.52. The van der Waals surface area contributed by atoms with E-state index in [2.05, 4.69) is 4.98 Å². The second kappa shape index (κ2) is 7.57. The number of pyridine rings is 1. The largest absolute Gasteiger partial charge is 0.494 e. The van der Waals surface area contributed by atoms with E-state index in [9.17, 15) is 9.59 Å². The molecule has 6 nitrogen and oxygen atoms in total. The van der Waals surface area contributed by atoms with E-state index >= 15 is 0 Å². The van der Waals surface area contributed by atoms with Crippen molar-refractivity contribution in [1.82, 2.24) is 4.98 Å². The lowest BCUT2D eigenvalue weighted by atomic mass is 10.0. The van der Waals surface area contributed by atoms with Gasteiger partial charge < -0.3 is 20.2 Å². The summed E-state index contributed by atoms with van der Waals surface area (Å²) in [4.78, 5) is 25.9. The van der Waals surface area contributed by atoms with E-state index in [0.29, 0.717) is 29.2 Å². The highest BCUT2D eigenvalue weighted by molar-refractivity contribution is 5.97. The van der Waals surface area contributed by atoms with Gasteiger partial charge in [-0.3, -0.25) is 9.59 Å². The molecule has 3 rings (SSSR count). The van der Waals surface area contributed by atoms with Crippen LogP contribution < -0.4 is 20.8 Å². The van der Waals surface area contributed by atoms with Crippen molar-refractivity contribution in [2.45, 2.75) is 6.92 Å². The first-order chi connectivity index (χ1) is 12.6. The first kappa shape index (κ1) is 17.3. The number of carbonyl (C=O) groups excluding carboxylic acids is 1. The molecule has 3 N–H and O–H groups in total. The number of rotatable bonds is 6. The molecule has 2 aromatic carbocycles. The molecular formula is C20H18N2O4. The van der Waals surface area contributed by atoms with Crippen LogP contribution in [0, 0.1) is 0 Å². The van der Waals surface area contributed by atoms with Gasteiger partial charge in [-0.2, -0.15) is 0 Å². The van der Waals surface area contributed by atoms with Gasteiger partial charge in [0.25, 0.3) is 5.91 Å². The topological polar surface area (TPSA) is 94.4 Å². The summed E-state index contributed by atoms with van der Waals surface area (Å²) < 4.78 is 11.2. The summed E-state index contributed by atoms with van der Waals surface area (Å²) in [5, 5.41) is 0. The molecule has 6 heteroatoms. The van der Waals surface area contributed by atoms with E-state index in [1.54, 1.807) is 54.7 Å². The minimum atomic E-state index is -0.613. The predicted octanol–water partition coefficient (Wildman–Crippen LogP) is 3.33. The van der Waals surface area contributed by atoms with Gasteiger partial charge in [0.1, 0.15) is 17.2 Å². The molecule has 0 atom stereocenters. The lowest BCUT2D eigenvalue weighted by molar-refractivity contribution is 0.0998. The molecule has 0 spiro atoms. The number of nitrogens with one attached hydrogen (secondary N) is 1. The van der Waals surface area contributed by atoms with Crippen LogP contribution in [0.3, 0.4) is 0 Å². The van der Waals surface area contributed by atoms with Crippen molar-refractivity contribution in [3.8, 4) is 28.4 Å². The van der Waals surface area contributed by atoms with Gasteiger partial charge in [-0.15, -0.1) is 0 Å². The molecule has 0 saturated carbocycles. The van der Waals surface area contributed by atoms with Crippen LogP contribution >= 0.6 is 0 Å². The maximum absolute atomic E-state index is 11.9. The minimum Gasteiger partial charge on any atom is -0.494 e. The number of ether oxygens (including phenoxy) is 2. The zero-order valence-corrected chi connectivity index (χ0v) is 14.2. The highest BCUT2D eigenvalue weighted by Gasteiger charge is 2.13. The van der Waals surface area contributed by atoms with Crippen molar-refractivity contribution in [3.05, 3.63) is 76.7 Å². The number of aromatic nitrogens is 1. The average Bonchev–Trinajstić information content (AvgIpc) is 2.64. The number of aromatic amines is 1. The number of hydrogen-bond donors (Lipinski definition) is 2. The fraction of sp³-hybridized carbons (Fsp3) is 0.100. The van der Waals surface area contributed by atoms with Crippen molar-refractivity contribution in [3.63, 3.8) is 0 Å². The van der Waals surface area contributed by atoms with Crippen LogP contribution in [0.1, 0.15) is 17.3 Å². The lowest BCUT2D eigenvalue weighted by Crippen LogP contribution is -2.12. The van der Waals surface area contributed by atoms with Gasteiger partial charge in [-0.1, -0.05) is 6.07 Å². The zero-order valence-electron chi connectivity index (χ0n) is 14.2. The molecule has 0 saturated heterocycles. The molecule has 0 aliphatic heterocycles. The first-order valence-corrected chi connectivity index (χ1v) is 8.10. The molecule has 0 bridgehead atoms. The molecule has 0 radical (unpaired) electrons. The summed E-state index contributed by atoms with van der Waals surface area (Å²) in [6.45, 7) is 2.49. The molecule has 0 aliphatic rings. The summed E-state index contributed by atoms with van der Waals surface area (Å²) >= 11 is 0. The Morgan fingerprint density at radius 3 is 2.35 bits per heavy atom. The van der Waals surface area contributed by atoms with Gasteiger partial charge in [-0.05, 0) is 60.5 Å². The van der Waals surface area contributed by atoms with Crippen molar-refractivity contribution < 1.29 is 14.3 Å². The van der Waals surface area contributed by atoms with Gasteiger partial charge in [0.2, 0.25) is 5.56 Å². The minimum absolute atomic E-state index is 0.224. The van der Waals surface area contributed by atoms with Crippen LogP contribution in [0.4, 0.5) is 0 Å². The number of carbonyl (C=O) groups is 1. The van der Waals surface area contributed by atoms with E-state index in [0.717, 1.165) is 5.75 Å². The third-order valence-corrected chi connectivity index (χ3v) is 3.72. The van der Waals surface area contributed by atoms with E-state index in [-0.39, 0.29) is 11.1 Å². The number of amides is 1. The molecular weight excluding hydrogens is 332 g/mol. The normalized spacial score (nSPS) is 10.3. The van der Waals surface area contributed by atoms with E-state index in [1.807, 2.05) is 6.92 Å². The highest BCUT2D eigenvalue weighted by atomic mass is 16.5. The number of H-pyrrole nitrogens is 1. The Labute approximate surface area is 150 Å². The van der Waals surface area contributed by atoms with Crippen LogP contribution in [-0.2, 0) is 0 Å². The van der Waals surface area contributed by atoms with Crippen LogP contribution in [0.5, 0.6) is 17.2 Å². The predicted molar refractivity (Wildman–Crippen MR) is 98.7 cm³/mol. The van der Waals surface area contributed by atoms with Crippen LogP contribution in [-0.4, -0.2) is 17.5 Å². The number of primary amides is 1. The second-order valence-corrected chi connectivity index (χ2v) is 5.52. The summed E-state index contributed by atoms with van der Waals surface area (Å²) in [7, 11) is 0. The summed E-state index contributed by atoms with van der Waals surface area (Å²) in [5.74, 6) is 1.02. The monoisotopic (exact) mass is 350 g/mol. The Bertz CT molecular complexity index is 978. The van der Waals surface area contributed by atoms with E-state index in [1.165, 1.54) is 6.07 Å². The molecule has 1 amide bonds. The standard InChI is InChI=1S/C20H18N2O4/c1-2-25-15-4-6-16(7-5-15)26-18-8-3-13(11-17(18)20(21)24)14-9-10-22-19(23)12-14/h3-12H,2H2,1H3,(H2,21,24)(H,22,23). The Balaban J connectivity index is 1.92. The number of nitrogens with two attached hydrogens (primary N) is 1. The molecule has 1 heterocycles. The zero-order chi connectivity index (χ0) is 18.5. The third-order valence-electron chi connectivity index (χ3n) is 3.72. The van der Waals surface area contributed by atoms with Crippen LogP contribution in [0.25, 0.3) is 11.1 Å². The molecule has 26 heavy (non-hydrogen) atoms. The fourth-order valence-corrected chi connectivity index (χ4v) is 2.51. The van der Waals surface area contributed by atoms with Gasteiger partial charge in [0, 0.05) is 12.3 Å². The summed E-state index contributed by atoms with van der Waals surface area (Å²) in [6.07, 6.45) is 1.55. The van der Waals surface area contributed by atoms with Crippen molar-refractivity contribution >= 4 is 5.91 Å². The highest BCUT2D eigenvalue weighted by Crippen LogP contribution is 2.30. The number of benzene rings is 2. The van der Waals surface area contributed by atoms with Crippen LogP contribution in [0.15, 0.2) is 65.6 Å². The van der Waals surface area contributed by atoms with E-state index < -0.39 is 5.91 Å². The SMILES string of the molecule is CCOc1ccc(Oc2ccc(-c3cc[nH]c(=O)c3)cc2C(N)=O)cc1. The molecule has 1 aromatic heterocycles. The molecule has 0 aliphatic carbocycles. The third kappa shape index (κ3) is 3.92. The number of hydrogen-bond acceptors (Lipinski definition) is 4. The maximum Gasteiger partial charge on any atom is 0.252 e. The van der Waals surface area contributed by atoms with Gasteiger partial charge in [0.05, 0.1) is 12.2 Å². The van der Waals surface area contributed by atoms with Crippen molar-refractivity contribution in [2.24, 2.45) is 5.73 Å². The van der Waals surface area contributed by atoms with E-state index in [4.69, 9.17) is 15.2 Å². The first-order valence-electron chi connectivity index (χ1n) is 8.10. The Kier molecular flexibility index (Phi) is 5.03. The maximum atomic E-state index is 11.9. The molecule has 132 valence electrons. The summed E-state index contributed by atoms with van der Waals surface area (Å²) in [6, 6.07) is 15.3. The van der Waals surface area contributed by atoms with Crippen molar-refractivity contribution in [1.29, 1.82) is 0 Å². The summed E-state index contributed by atoms with van der Waals surface area (Å²) in [5.41, 5.74) is 6.89. The Hall–Kier alpha value is -3.54.